The van der Waals surface area contributed by atoms with Crippen LogP contribution < -0.4 is 5.73 Å². The molecule has 6 heteroatoms. The quantitative estimate of drug-likeness (QED) is 0.685. The van der Waals surface area contributed by atoms with E-state index >= 15 is 0 Å². The number of nitrogens with zero attached hydrogens (tertiary/aromatic N) is 2. The smallest absolute Gasteiger partial charge is 0.272 e. The Bertz CT molecular complexity index is 1080. The summed E-state index contributed by atoms with van der Waals surface area (Å²) in [6.07, 6.45) is 3.08. The highest BCUT2D eigenvalue weighted by molar-refractivity contribution is 5.92. The molecule has 0 aliphatic carbocycles. The minimum atomic E-state index is -0.708. The molecule has 0 saturated carbocycles. The van der Waals surface area contributed by atoms with Gasteiger partial charge in [-0.1, -0.05) is 48.5 Å². The molecule has 5 nitrogen and oxygen atoms in total. The topological polar surface area (TPSA) is 76.3 Å². The molecular formula is C25H24FN3O2. The Hall–Kier alpha value is -3.54. The zero-order valence-electron chi connectivity index (χ0n) is 17.1. The van der Waals surface area contributed by atoms with Crippen molar-refractivity contribution in [2.45, 2.75) is 19.3 Å². The van der Waals surface area contributed by atoms with Crippen molar-refractivity contribution in [1.29, 1.82) is 0 Å². The summed E-state index contributed by atoms with van der Waals surface area (Å²) >= 11 is 0. The van der Waals surface area contributed by atoms with Crippen LogP contribution in [0.5, 0.6) is 0 Å². The SMILES string of the molecule is NC(=O)C1(Cc2ccc(-c3ccccc3F)cc2)CCN(C(=O)c2ccccn2)CC1. The summed E-state index contributed by atoms with van der Waals surface area (Å²) in [6, 6.07) is 19.4. The molecule has 1 aliphatic heterocycles. The minimum absolute atomic E-state index is 0.132. The van der Waals surface area contributed by atoms with E-state index in [4.69, 9.17) is 5.73 Å². The van der Waals surface area contributed by atoms with Crippen molar-refractivity contribution in [1.82, 2.24) is 9.88 Å². The predicted molar refractivity (Wildman–Crippen MR) is 117 cm³/mol. The van der Waals surface area contributed by atoms with Gasteiger partial charge in [-0.3, -0.25) is 14.6 Å². The zero-order chi connectivity index (χ0) is 21.8. The fourth-order valence-corrected chi connectivity index (χ4v) is 4.19. The summed E-state index contributed by atoms with van der Waals surface area (Å²) in [5, 5.41) is 0. The standard InChI is InChI=1S/C25H24FN3O2/c26-21-6-2-1-5-20(21)19-10-8-18(9-11-19)17-25(24(27)31)12-15-29(16-13-25)23(30)22-7-3-4-14-28-22/h1-11,14H,12-13,15-17H2,(H2,27,31). The normalized spacial score (nSPS) is 15.5. The van der Waals surface area contributed by atoms with Gasteiger partial charge in [-0.25, -0.2) is 4.39 Å². The van der Waals surface area contributed by atoms with E-state index in [0.717, 1.165) is 11.1 Å². The van der Waals surface area contributed by atoms with Gasteiger partial charge in [-0.2, -0.15) is 0 Å². The maximum absolute atomic E-state index is 14.0. The summed E-state index contributed by atoms with van der Waals surface area (Å²) in [5.41, 5.74) is 7.80. The average Bonchev–Trinajstić information content (AvgIpc) is 2.80. The average molecular weight is 417 g/mol. The van der Waals surface area contributed by atoms with Crippen LogP contribution in [0, 0.1) is 11.2 Å². The highest BCUT2D eigenvalue weighted by Crippen LogP contribution is 2.36. The number of benzene rings is 2. The second kappa shape index (κ2) is 8.68. The van der Waals surface area contributed by atoms with Gasteiger partial charge in [0.25, 0.3) is 5.91 Å². The van der Waals surface area contributed by atoms with Gasteiger partial charge in [-0.05, 0) is 48.6 Å². The molecule has 0 unspecified atom stereocenters. The molecule has 2 amide bonds. The summed E-state index contributed by atoms with van der Waals surface area (Å²) in [7, 11) is 0. The molecule has 3 aromatic rings. The van der Waals surface area contributed by atoms with Gasteiger partial charge < -0.3 is 10.6 Å². The van der Waals surface area contributed by atoms with Crippen molar-refractivity contribution in [2.24, 2.45) is 11.1 Å². The number of nitrogens with two attached hydrogens (primary N) is 1. The van der Waals surface area contributed by atoms with Crippen LogP contribution >= 0.6 is 0 Å². The molecule has 158 valence electrons. The third kappa shape index (κ3) is 4.33. The van der Waals surface area contributed by atoms with E-state index in [-0.39, 0.29) is 17.6 Å². The Labute approximate surface area is 180 Å². The molecule has 2 aromatic carbocycles. The van der Waals surface area contributed by atoms with Crippen molar-refractivity contribution in [3.05, 3.63) is 90.0 Å². The van der Waals surface area contributed by atoms with Gasteiger partial charge in [0.15, 0.2) is 0 Å². The van der Waals surface area contributed by atoms with Gasteiger partial charge in [0, 0.05) is 24.8 Å². The van der Waals surface area contributed by atoms with Gasteiger partial charge >= 0.3 is 0 Å². The summed E-state index contributed by atoms with van der Waals surface area (Å²) in [5.74, 6) is -0.752. The summed E-state index contributed by atoms with van der Waals surface area (Å²) in [6.45, 7) is 0.900. The number of hydrogen-bond acceptors (Lipinski definition) is 3. The molecule has 4 rings (SSSR count). The first kappa shape index (κ1) is 20.7. The number of carbonyl (C=O) groups excluding carboxylic acids is 2. The Balaban J connectivity index is 1.47. The lowest BCUT2D eigenvalue weighted by atomic mass is 9.73. The third-order valence-electron chi connectivity index (χ3n) is 6.10. The van der Waals surface area contributed by atoms with Crippen LogP contribution in [0.2, 0.25) is 0 Å². The van der Waals surface area contributed by atoms with Crippen LogP contribution in [-0.4, -0.2) is 34.8 Å². The fourth-order valence-electron chi connectivity index (χ4n) is 4.19. The van der Waals surface area contributed by atoms with Gasteiger partial charge in [0.2, 0.25) is 5.91 Å². The lowest BCUT2D eigenvalue weighted by Crippen LogP contribution is -2.50. The molecule has 0 radical (unpaired) electrons. The highest BCUT2D eigenvalue weighted by Gasteiger charge is 2.41. The Morgan fingerprint density at radius 2 is 1.65 bits per heavy atom. The number of rotatable bonds is 5. The summed E-state index contributed by atoms with van der Waals surface area (Å²) in [4.78, 5) is 30.9. The van der Waals surface area contributed by atoms with E-state index in [1.807, 2.05) is 24.3 Å². The Morgan fingerprint density at radius 1 is 0.968 bits per heavy atom. The number of likely N-dealkylation sites (tertiary alicyclic amines) is 1. The number of hydrogen-bond donors (Lipinski definition) is 1. The van der Waals surface area contributed by atoms with Crippen LogP contribution in [0.3, 0.4) is 0 Å². The number of primary amides is 1. The maximum atomic E-state index is 14.0. The molecule has 1 aliphatic rings. The molecule has 0 atom stereocenters. The second-order valence-electron chi connectivity index (χ2n) is 8.01. The molecule has 31 heavy (non-hydrogen) atoms. The number of aromatic nitrogens is 1. The summed E-state index contributed by atoms with van der Waals surface area (Å²) < 4.78 is 14.0. The van der Waals surface area contributed by atoms with E-state index in [1.54, 1.807) is 47.5 Å². The molecule has 0 bridgehead atoms. The molecule has 2 N–H and O–H groups in total. The molecule has 2 heterocycles. The first-order valence-corrected chi connectivity index (χ1v) is 10.3. The number of piperidine rings is 1. The van der Waals surface area contributed by atoms with Crippen molar-refractivity contribution >= 4 is 11.8 Å². The monoisotopic (exact) mass is 417 g/mol. The van der Waals surface area contributed by atoms with Crippen LogP contribution in [-0.2, 0) is 11.2 Å². The molecule has 1 aromatic heterocycles. The minimum Gasteiger partial charge on any atom is -0.369 e. The molecule has 0 spiro atoms. The van der Waals surface area contributed by atoms with Crippen LogP contribution in [0.15, 0.2) is 72.9 Å². The first-order valence-electron chi connectivity index (χ1n) is 10.3. The van der Waals surface area contributed by atoms with Crippen molar-refractivity contribution in [3.63, 3.8) is 0 Å². The molecular weight excluding hydrogens is 393 g/mol. The van der Waals surface area contributed by atoms with E-state index in [2.05, 4.69) is 4.98 Å². The molecule has 1 saturated heterocycles. The third-order valence-corrected chi connectivity index (χ3v) is 6.10. The lowest BCUT2D eigenvalue weighted by Gasteiger charge is -2.39. The number of amides is 2. The largest absolute Gasteiger partial charge is 0.369 e. The lowest BCUT2D eigenvalue weighted by molar-refractivity contribution is -0.130. The maximum Gasteiger partial charge on any atom is 0.272 e. The van der Waals surface area contributed by atoms with E-state index in [9.17, 15) is 14.0 Å². The zero-order valence-corrected chi connectivity index (χ0v) is 17.1. The van der Waals surface area contributed by atoms with Crippen molar-refractivity contribution in [2.75, 3.05) is 13.1 Å². The first-order chi connectivity index (χ1) is 15.0. The number of carbonyl (C=O) groups is 2. The van der Waals surface area contributed by atoms with Crippen LogP contribution in [0.1, 0.15) is 28.9 Å². The molecule has 1 fully saturated rings. The van der Waals surface area contributed by atoms with Crippen molar-refractivity contribution < 1.29 is 14.0 Å². The van der Waals surface area contributed by atoms with Gasteiger partial charge in [0.05, 0.1) is 5.41 Å². The van der Waals surface area contributed by atoms with E-state index < -0.39 is 5.41 Å². The Kier molecular flexibility index (Phi) is 5.80. The highest BCUT2D eigenvalue weighted by atomic mass is 19.1. The van der Waals surface area contributed by atoms with Gasteiger partial charge in [-0.15, -0.1) is 0 Å². The van der Waals surface area contributed by atoms with Crippen LogP contribution in [0.4, 0.5) is 4.39 Å². The van der Waals surface area contributed by atoms with E-state index in [1.165, 1.54) is 6.07 Å². The van der Waals surface area contributed by atoms with Gasteiger partial charge in [0.1, 0.15) is 11.5 Å². The second-order valence-corrected chi connectivity index (χ2v) is 8.01. The fraction of sp³-hybridized carbons (Fsp3) is 0.240. The Morgan fingerprint density at radius 3 is 2.26 bits per heavy atom. The number of halogens is 1. The van der Waals surface area contributed by atoms with E-state index in [0.29, 0.717) is 43.6 Å². The van der Waals surface area contributed by atoms with Crippen LogP contribution in [0.25, 0.3) is 11.1 Å². The van der Waals surface area contributed by atoms with Crippen molar-refractivity contribution in [3.8, 4) is 11.1 Å². The predicted octanol–water partition coefficient (Wildman–Crippen LogP) is 3.84. The number of pyridine rings is 1.